The standard InChI is InChI=1S/C21H13Br2N3O3S/c1-11-8-12(6-7-17(11)26(28)29)20(27)25-19-14(9-13(22)10-15(19)23)21-24-16-4-2-3-5-18(16)30-21/h2-10H,1H3,(H,25,27). The number of fused-ring (bicyclic) bond motifs is 1. The number of carbonyl (C=O) groups is 1. The molecule has 0 unspecified atom stereocenters. The topological polar surface area (TPSA) is 85.1 Å². The second-order valence-corrected chi connectivity index (χ2v) is 9.31. The Morgan fingerprint density at radius 3 is 2.60 bits per heavy atom. The van der Waals surface area contributed by atoms with Crippen LogP contribution < -0.4 is 5.32 Å². The Bertz CT molecular complexity index is 1290. The van der Waals surface area contributed by atoms with Crippen LogP contribution >= 0.6 is 43.2 Å². The van der Waals surface area contributed by atoms with Gasteiger partial charge in [0.15, 0.2) is 0 Å². The zero-order valence-corrected chi connectivity index (χ0v) is 19.5. The summed E-state index contributed by atoms with van der Waals surface area (Å²) in [6.45, 7) is 1.61. The second kappa shape index (κ2) is 8.25. The first-order chi connectivity index (χ1) is 14.3. The molecule has 3 aromatic carbocycles. The third-order valence-corrected chi connectivity index (χ3v) is 6.63. The molecular formula is C21H13Br2N3O3S. The second-order valence-electron chi connectivity index (χ2n) is 6.51. The van der Waals surface area contributed by atoms with Crippen molar-refractivity contribution in [2.45, 2.75) is 6.92 Å². The highest BCUT2D eigenvalue weighted by molar-refractivity contribution is 9.11. The van der Waals surface area contributed by atoms with E-state index in [1.165, 1.54) is 29.5 Å². The predicted octanol–water partition coefficient (Wildman–Crippen LogP) is 6.96. The van der Waals surface area contributed by atoms with Gasteiger partial charge in [0.2, 0.25) is 0 Å². The minimum atomic E-state index is -0.465. The molecule has 4 aromatic rings. The Hall–Kier alpha value is -2.62. The van der Waals surface area contributed by atoms with Crippen molar-refractivity contribution in [3.05, 3.63) is 84.8 Å². The number of anilines is 1. The van der Waals surface area contributed by atoms with Gasteiger partial charge >= 0.3 is 0 Å². The highest BCUT2D eigenvalue weighted by atomic mass is 79.9. The predicted molar refractivity (Wildman–Crippen MR) is 126 cm³/mol. The molecule has 1 N–H and O–H groups in total. The number of para-hydroxylation sites is 1. The summed E-state index contributed by atoms with van der Waals surface area (Å²) in [4.78, 5) is 28.2. The monoisotopic (exact) mass is 545 g/mol. The average molecular weight is 547 g/mol. The van der Waals surface area contributed by atoms with Gasteiger partial charge in [0.05, 0.1) is 20.8 Å². The first kappa shape index (κ1) is 20.6. The largest absolute Gasteiger partial charge is 0.320 e. The van der Waals surface area contributed by atoms with Crippen LogP contribution in [-0.4, -0.2) is 15.8 Å². The summed E-state index contributed by atoms with van der Waals surface area (Å²) in [7, 11) is 0. The fraction of sp³-hybridized carbons (Fsp3) is 0.0476. The maximum Gasteiger partial charge on any atom is 0.272 e. The molecule has 150 valence electrons. The summed E-state index contributed by atoms with van der Waals surface area (Å²) in [5.74, 6) is -0.363. The van der Waals surface area contributed by atoms with E-state index in [0.29, 0.717) is 21.3 Å². The van der Waals surface area contributed by atoms with E-state index in [9.17, 15) is 14.9 Å². The third-order valence-electron chi connectivity index (χ3n) is 4.47. The summed E-state index contributed by atoms with van der Waals surface area (Å²) in [6.07, 6.45) is 0. The van der Waals surface area contributed by atoms with Gasteiger partial charge in [0.25, 0.3) is 11.6 Å². The van der Waals surface area contributed by atoms with E-state index in [1.807, 2.05) is 36.4 Å². The zero-order valence-electron chi connectivity index (χ0n) is 15.5. The molecule has 0 saturated carbocycles. The molecule has 0 saturated heterocycles. The number of thiazole rings is 1. The van der Waals surface area contributed by atoms with Gasteiger partial charge in [0.1, 0.15) is 5.01 Å². The fourth-order valence-corrected chi connectivity index (χ4v) is 5.36. The smallest absolute Gasteiger partial charge is 0.272 e. The molecule has 9 heteroatoms. The number of nitro benzene ring substituents is 1. The van der Waals surface area contributed by atoms with Crippen molar-refractivity contribution in [2.24, 2.45) is 0 Å². The van der Waals surface area contributed by atoms with Gasteiger partial charge < -0.3 is 5.32 Å². The van der Waals surface area contributed by atoms with E-state index < -0.39 is 4.92 Å². The van der Waals surface area contributed by atoms with E-state index in [1.54, 1.807) is 6.92 Å². The Labute approximate surface area is 192 Å². The lowest BCUT2D eigenvalue weighted by molar-refractivity contribution is -0.385. The van der Waals surface area contributed by atoms with E-state index in [2.05, 4.69) is 37.2 Å². The van der Waals surface area contributed by atoms with Crippen molar-refractivity contribution < 1.29 is 9.72 Å². The van der Waals surface area contributed by atoms with Gasteiger partial charge in [-0.15, -0.1) is 11.3 Å². The molecule has 6 nitrogen and oxygen atoms in total. The number of nitro groups is 1. The number of aromatic nitrogens is 1. The minimum absolute atomic E-state index is 0.0217. The van der Waals surface area contributed by atoms with Gasteiger partial charge in [-0.1, -0.05) is 28.1 Å². The van der Waals surface area contributed by atoms with Gasteiger partial charge in [0, 0.05) is 31.7 Å². The van der Waals surface area contributed by atoms with Crippen molar-refractivity contribution in [3.63, 3.8) is 0 Å². The molecule has 0 aliphatic carbocycles. The van der Waals surface area contributed by atoms with E-state index >= 15 is 0 Å². The molecule has 1 heterocycles. The number of nitrogens with zero attached hydrogens (tertiary/aromatic N) is 2. The van der Waals surface area contributed by atoms with Crippen LogP contribution in [0.5, 0.6) is 0 Å². The Kier molecular flexibility index (Phi) is 5.68. The summed E-state index contributed by atoms with van der Waals surface area (Å²) >= 11 is 8.56. The molecule has 0 spiro atoms. The van der Waals surface area contributed by atoms with Crippen molar-refractivity contribution in [1.82, 2.24) is 4.98 Å². The van der Waals surface area contributed by atoms with E-state index in [-0.39, 0.29) is 11.6 Å². The van der Waals surface area contributed by atoms with Crippen LogP contribution in [0.4, 0.5) is 11.4 Å². The van der Waals surface area contributed by atoms with Crippen LogP contribution in [0.3, 0.4) is 0 Å². The molecule has 30 heavy (non-hydrogen) atoms. The quantitative estimate of drug-likeness (QED) is 0.221. The Morgan fingerprint density at radius 2 is 1.90 bits per heavy atom. The number of rotatable bonds is 4. The van der Waals surface area contributed by atoms with Crippen LogP contribution in [0.2, 0.25) is 0 Å². The number of amides is 1. The van der Waals surface area contributed by atoms with Crippen molar-refractivity contribution in [2.75, 3.05) is 5.32 Å². The molecular weight excluding hydrogens is 534 g/mol. The number of benzene rings is 3. The summed E-state index contributed by atoms with van der Waals surface area (Å²) in [5.41, 5.74) is 2.98. The molecule has 1 aromatic heterocycles. The number of hydrogen-bond acceptors (Lipinski definition) is 5. The molecule has 0 radical (unpaired) electrons. The first-order valence-corrected chi connectivity index (χ1v) is 11.1. The number of carbonyl (C=O) groups excluding carboxylic acids is 1. The van der Waals surface area contributed by atoms with Crippen LogP contribution in [0.25, 0.3) is 20.8 Å². The van der Waals surface area contributed by atoms with Crippen LogP contribution in [0.1, 0.15) is 15.9 Å². The highest BCUT2D eigenvalue weighted by Gasteiger charge is 2.19. The summed E-state index contributed by atoms with van der Waals surface area (Å²) in [5, 5.41) is 14.7. The van der Waals surface area contributed by atoms with Crippen molar-refractivity contribution >= 4 is 70.7 Å². The van der Waals surface area contributed by atoms with Gasteiger partial charge in [-0.3, -0.25) is 14.9 Å². The van der Waals surface area contributed by atoms with Crippen LogP contribution in [-0.2, 0) is 0 Å². The molecule has 4 rings (SSSR count). The van der Waals surface area contributed by atoms with Gasteiger partial charge in [-0.2, -0.15) is 0 Å². The van der Waals surface area contributed by atoms with Gasteiger partial charge in [-0.25, -0.2) is 4.98 Å². The molecule has 0 aliphatic rings. The van der Waals surface area contributed by atoms with E-state index in [0.717, 1.165) is 25.3 Å². The first-order valence-electron chi connectivity index (χ1n) is 8.75. The van der Waals surface area contributed by atoms with E-state index in [4.69, 9.17) is 4.98 Å². The maximum absolute atomic E-state index is 12.9. The number of nitrogens with one attached hydrogen (secondary N) is 1. The van der Waals surface area contributed by atoms with Gasteiger partial charge in [-0.05, 0) is 59.3 Å². The maximum atomic E-state index is 12.9. The number of hydrogen-bond donors (Lipinski definition) is 1. The lowest BCUT2D eigenvalue weighted by Crippen LogP contribution is -2.13. The summed E-state index contributed by atoms with van der Waals surface area (Å²) < 4.78 is 2.58. The fourth-order valence-electron chi connectivity index (χ4n) is 3.04. The Morgan fingerprint density at radius 1 is 1.13 bits per heavy atom. The van der Waals surface area contributed by atoms with Crippen molar-refractivity contribution in [1.29, 1.82) is 0 Å². The van der Waals surface area contributed by atoms with Crippen molar-refractivity contribution in [3.8, 4) is 10.6 Å². The minimum Gasteiger partial charge on any atom is -0.320 e. The molecule has 1 amide bonds. The number of halogens is 2. The SMILES string of the molecule is Cc1cc(C(=O)Nc2c(Br)cc(Br)cc2-c2nc3ccccc3s2)ccc1[N+](=O)[O-]. The molecule has 0 fully saturated rings. The number of aryl methyl sites for hydroxylation is 1. The lowest BCUT2D eigenvalue weighted by Gasteiger charge is -2.13. The molecule has 0 atom stereocenters. The zero-order chi connectivity index (χ0) is 21.4. The molecule has 0 aliphatic heterocycles. The average Bonchev–Trinajstić information content (AvgIpc) is 3.13. The van der Waals surface area contributed by atoms with Crippen LogP contribution in [0, 0.1) is 17.0 Å². The normalized spacial score (nSPS) is 10.9. The third kappa shape index (κ3) is 4.00. The lowest BCUT2D eigenvalue weighted by atomic mass is 10.1. The van der Waals surface area contributed by atoms with Crippen LogP contribution in [0.15, 0.2) is 63.5 Å². The highest BCUT2D eigenvalue weighted by Crippen LogP contribution is 2.40. The Balaban J connectivity index is 1.75. The summed E-state index contributed by atoms with van der Waals surface area (Å²) in [6, 6.07) is 15.9. The molecule has 0 bridgehead atoms.